The smallest absolute Gasteiger partial charge is 0.404 e. The summed E-state index contributed by atoms with van der Waals surface area (Å²) >= 11 is 0. The fourth-order valence-electron chi connectivity index (χ4n) is 2.64. The molecule has 0 aromatic heterocycles. The third kappa shape index (κ3) is 5.28. The normalized spacial score (nSPS) is 21.0. The first kappa shape index (κ1) is 16.8. The Bertz CT molecular complexity index is 598. The number of amides is 1. The number of nitrogens with two attached hydrogens (primary N) is 1. The van der Waals surface area contributed by atoms with Crippen molar-refractivity contribution in [1.29, 1.82) is 0 Å². The quantitative estimate of drug-likeness (QED) is 0.331. The van der Waals surface area contributed by atoms with Crippen LogP contribution in [-0.2, 0) is 16.1 Å². The monoisotopic (exact) mass is 319 g/mol. The van der Waals surface area contributed by atoms with Gasteiger partial charge in [-0.1, -0.05) is 35.0 Å². The first-order chi connectivity index (χ1) is 10.9. The van der Waals surface area contributed by atoms with E-state index in [1.807, 2.05) is 31.2 Å². The number of hydrogen-bond donors (Lipinski definition) is 3. The predicted molar refractivity (Wildman–Crippen MR) is 84.9 cm³/mol. The maximum atomic E-state index is 11.8. The van der Waals surface area contributed by atoms with Crippen LogP contribution in [0.3, 0.4) is 0 Å². The molecule has 1 amide bonds. The van der Waals surface area contributed by atoms with Crippen molar-refractivity contribution in [2.45, 2.75) is 38.6 Å². The van der Waals surface area contributed by atoms with Gasteiger partial charge in [0.05, 0.1) is 6.42 Å². The van der Waals surface area contributed by atoms with Gasteiger partial charge in [0.2, 0.25) is 0 Å². The van der Waals surface area contributed by atoms with Crippen LogP contribution in [0.4, 0.5) is 4.79 Å². The molecular weight excluding hydrogens is 298 g/mol. The van der Waals surface area contributed by atoms with Crippen molar-refractivity contribution in [2.24, 2.45) is 16.8 Å². The first-order valence-corrected chi connectivity index (χ1v) is 7.52. The van der Waals surface area contributed by atoms with Crippen LogP contribution in [0.15, 0.2) is 29.4 Å². The Morgan fingerprint density at radius 1 is 1.35 bits per heavy atom. The van der Waals surface area contributed by atoms with E-state index in [-0.39, 0.29) is 24.2 Å². The molecule has 124 valence electrons. The van der Waals surface area contributed by atoms with E-state index in [1.54, 1.807) is 0 Å². The number of carbonyl (C=O) groups is 2. The van der Waals surface area contributed by atoms with Gasteiger partial charge in [-0.25, -0.2) is 9.59 Å². The van der Waals surface area contributed by atoms with Gasteiger partial charge in [0.1, 0.15) is 5.84 Å². The predicted octanol–water partition coefficient (Wildman–Crippen LogP) is 1.79. The lowest BCUT2D eigenvalue weighted by Crippen LogP contribution is -2.32. The molecule has 0 unspecified atom stereocenters. The van der Waals surface area contributed by atoms with Crippen molar-refractivity contribution in [3.63, 3.8) is 0 Å². The van der Waals surface area contributed by atoms with Crippen LogP contribution < -0.4 is 11.1 Å². The first-order valence-electron chi connectivity index (χ1n) is 7.52. The van der Waals surface area contributed by atoms with Gasteiger partial charge in [-0.15, -0.1) is 0 Å². The number of oxime groups is 1. The van der Waals surface area contributed by atoms with E-state index in [9.17, 15) is 9.59 Å². The molecule has 7 heteroatoms. The fourth-order valence-corrected chi connectivity index (χ4v) is 2.64. The Morgan fingerprint density at radius 3 is 2.70 bits per heavy atom. The highest BCUT2D eigenvalue weighted by Crippen LogP contribution is 2.25. The average Bonchev–Trinajstić information content (AvgIpc) is 2.95. The summed E-state index contributed by atoms with van der Waals surface area (Å²) in [7, 11) is 0. The fraction of sp³-hybridized carbons (Fsp3) is 0.438. The van der Waals surface area contributed by atoms with Crippen molar-refractivity contribution < 1.29 is 19.5 Å². The molecule has 23 heavy (non-hydrogen) atoms. The molecule has 0 bridgehead atoms. The number of carboxylic acid groups (broad SMARTS) is 1. The molecule has 4 N–H and O–H groups in total. The van der Waals surface area contributed by atoms with Crippen LogP contribution >= 0.6 is 0 Å². The maximum absolute atomic E-state index is 11.8. The van der Waals surface area contributed by atoms with Gasteiger partial charge in [0, 0.05) is 12.0 Å². The number of nitrogens with zero attached hydrogens (tertiary/aromatic N) is 1. The second kappa shape index (κ2) is 7.62. The van der Waals surface area contributed by atoms with Gasteiger partial charge in [0.15, 0.2) is 0 Å². The second-order valence-electron chi connectivity index (χ2n) is 5.80. The Balaban J connectivity index is 1.81. The average molecular weight is 319 g/mol. The molecule has 1 aromatic rings. The van der Waals surface area contributed by atoms with E-state index in [4.69, 9.17) is 15.7 Å². The summed E-state index contributed by atoms with van der Waals surface area (Å²) < 4.78 is 0. The molecule has 0 aliphatic heterocycles. The SMILES string of the molecule is Cc1ccc(CC(=O)O/N=C(\N)[C@H]2CC[C@H](NC(=O)O)C2)cc1. The topological polar surface area (TPSA) is 114 Å². The highest BCUT2D eigenvalue weighted by Gasteiger charge is 2.28. The van der Waals surface area contributed by atoms with Crippen molar-refractivity contribution in [1.82, 2.24) is 5.32 Å². The molecule has 1 fully saturated rings. The molecule has 0 radical (unpaired) electrons. The largest absolute Gasteiger partial charge is 0.465 e. The standard InChI is InChI=1S/C16H21N3O4/c1-10-2-4-11(5-3-10)8-14(20)23-19-15(17)12-6-7-13(9-12)18-16(21)22/h2-5,12-13,18H,6-9H2,1H3,(H2,17,19)(H,21,22)/t12-,13-/m0/s1. The van der Waals surface area contributed by atoms with Gasteiger partial charge in [-0.3, -0.25) is 0 Å². The summed E-state index contributed by atoms with van der Waals surface area (Å²) in [4.78, 5) is 27.2. The van der Waals surface area contributed by atoms with Crippen molar-refractivity contribution >= 4 is 17.9 Å². The zero-order valence-corrected chi connectivity index (χ0v) is 13.0. The number of aryl methyl sites for hydroxylation is 1. The van der Waals surface area contributed by atoms with Gasteiger partial charge < -0.3 is 21.0 Å². The van der Waals surface area contributed by atoms with E-state index in [0.717, 1.165) is 17.5 Å². The molecule has 0 spiro atoms. The van der Waals surface area contributed by atoms with E-state index >= 15 is 0 Å². The third-order valence-electron chi connectivity index (χ3n) is 3.90. The van der Waals surface area contributed by atoms with Gasteiger partial charge in [-0.2, -0.15) is 0 Å². The highest BCUT2D eigenvalue weighted by atomic mass is 16.7. The molecule has 2 rings (SSSR count). The molecular formula is C16H21N3O4. The van der Waals surface area contributed by atoms with Crippen LogP contribution in [0.5, 0.6) is 0 Å². The van der Waals surface area contributed by atoms with Gasteiger partial charge in [0.25, 0.3) is 0 Å². The lowest BCUT2D eigenvalue weighted by atomic mass is 10.1. The minimum atomic E-state index is -1.05. The molecule has 1 saturated carbocycles. The van der Waals surface area contributed by atoms with Crippen LogP contribution in [0.2, 0.25) is 0 Å². The Labute approximate surface area is 134 Å². The molecule has 2 atom stereocenters. The number of rotatable bonds is 5. The zero-order valence-electron chi connectivity index (χ0n) is 13.0. The molecule has 1 aromatic carbocycles. The Hall–Kier alpha value is -2.57. The maximum Gasteiger partial charge on any atom is 0.404 e. The van der Waals surface area contributed by atoms with E-state index < -0.39 is 12.1 Å². The van der Waals surface area contributed by atoms with Crippen molar-refractivity contribution in [2.75, 3.05) is 0 Å². The van der Waals surface area contributed by atoms with Crippen molar-refractivity contribution in [3.8, 4) is 0 Å². The van der Waals surface area contributed by atoms with Gasteiger partial charge in [-0.05, 0) is 31.7 Å². The highest BCUT2D eigenvalue weighted by molar-refractivity contribution is 5.84. The van der Waals surface area contributed by atoms with Crippen LogP contribution in [-0.4, -0.2) is 29.0 Å². The van der Waals surface area contributed by atoms with Crippen molar-refractivity contribution in [3.05, 3.63) is 35.4 Å². The van der Waals surface area contributed by atoms with E-state index in [0.29, 0.717) is 12.8 Å². The lowest BCUT2D eigenvalue weighted by Gasteiger charge is -2.10. The molecule has 0 saturated heterocycles. The molecule has 1 aliphatic carbocycles. The minimum Gasteiger partial charge on any atom is -0.465 e. The number of carbonyl (C=O) groups excluding carboxylic acids is 1. The number of hydrogen-bond acceptors (Lipinski definition) is 4. The molecule has 1 aliphatic rings. The molecule has 7 nitrogen and oxygen atoms in total. The summed E-state index contributed by atoms with van der Waals surface area (Å²) in [5.74, 6) is -0.314. The second-order valence-corrected chi connectivity index (χ2v) is 5.80. The Kier molecular flexibility index (Phi) is 5.56. The number of amidine groups is 1. The summed E-state index contributed by atoms with van der Waals surface area (Å²) in [5, 5.41) is 14.8. The molecule has 0 heterocycles. The van der Waals surface area contributed by atoms with Crippen LogP contribution in [0.1, 0.15) is 30.4 Å². The Morgan fingerprint density at radius 2 is 2.04 bits per heavy atom. The van der Waals surface area contributed by atoms with Crippen LogP contribution in [0.25, 0.3) is 0 Å². The lowest BCUT2D eigenvalue weighted by molar-refractivity contribution is -0.142. The summed E-state index contributed by atoms with van der Waals surface area (Å²) in [6, 6.07) is 7.45. The van der Waals surface area contributed by atoms with Gasteiger partial charge >= 0.3 is 12.1 Å². The zero-order chi connectivity index (χ0) is 16.8. The summed E-state index contributed by atoms with van der Waals surface area (Å²) in [5.41, 5.74) is 7.80. The van der Waals surface area contributed by atoms with Crippen LogP contribution in [0, 0.1) is 12.8 Å². The van der Waals surface area contributed by atoms with E-state index in [2.05, 4.69) is 10.5 Å². The summed E-state index contributed by atoms with van der Waals surface area (Å²) in [6.07, 6.45) is 1.07. The minimum absolute atomic E-state index is 0.0703. The third-order valence-corrected chi connectivity index (χ3v) is 3.90. The summed E-state index contributed by atoms with van der Waals surface area (Å²) in [6.45, 7) is 1.97. The van der Waals surface area contributed by atoms with E-state index in [1.165, 1.54) is 0 Å². The number of benzene rings is 1. The number of nitrogens with one attached hydrogen (secondary N) is 1.